The van der Waals surface area contributed by atoms with Crippen LogP contribution >= 0.6 is 0 Å². The largest absolute Gasteiger partial charge is 0.326 e. The molecule has 2 aromatic carbocycles. The standard InChI is InChI=1S/C15H16FN/c1-2-12-7-8-14(16)9-15(12)13-5-3-11(10-17)4-6-13/h3-9H,2,10,17H2,1H3. The van der Waals surface area contributed by atoms with Crippen molar-refractivity contribution in [2.24, 2.45) is 5.73 Å². The van der Waals surface area contributed by atoms with E-state index in [0.717, 1.165) is 28.7 Å². The highest BCUT2D eigenvalue weighted by atomic mass is 19.1. The molecule has 17 heavy (non-hydrogen) atoms. The lowest BCUT2D eigenvalue weighted by Gasteiger charge is -2.09. The SMILES string of the molecule is CCc1ccc(F)cc1-c1ccc(CN)cc1. The first kappa shape index (κ1) is 11.8. The topological polar surface area (TPSA) is 26.0 Å². The number of halogens is 1. The lowest BCUT2D eigenvalue weighted by Crippen LogP contribution is -1.96. The number of hydrogen-bond acceptors (Lipinski definition) is 1. The zero-order valence-corrected chi connectivity index (χ0v) is 9.91. The predicted molar refractivity (Wildman–Crippen MR) is 69.1 cm³/mol. The van der Waals surface area contributed by atoms with E-state index in [-0.39, 0.29) is 5.82 Å². The molecular weight excluding hydrogens is 213 g/mol. The Morgan fingerprint density at radius 1 is 1.06 bits per heavy atom. The van der Waals surface area contributed by atoms with Gasteiger partial charge in [0.2, 0.25) is 0 Å². The van der Waals surface area contributed by atoms with E-state index in [1.807, 2.05) is 30.3 Å². The molecule has 0 aliphatic rings. The summed E-state index contributed by atoms with van der Waals surface area (Å²) in [4.78, 5) is 0. The molecule has 0 spiro atoms. The lowest BCUT2D eigenvalue weighted by atomic mass is 9.97. The summed E-state index contributed by atoms with van der Waals surface area (Å²) in [6, 6.07) is 12.9. The molecule has 0 amide bonds. The van der Waals surface area contributed by atoms with E-state index in [9.17, 15) is 4.39 Å². The van der Waals surface area contributed by atoms with Gasteiger partial charge in [-0.1, -0.05) is 37.3 Å². The molecular formula is C15H16FN. The van der Waals surface area contributed by atoms with E-state index in [1.165, 1.54) is 6.07 Å². The highest BCUT2D eigenvalue weighted by Gasteiger charge is 2.05. The number of rotatable bonds is 3. The first-order chi connectivity index (χ1) is 8.24. The van der Waals surface area contributed by atoms with Crippen LogP contribution in [0.15, 0.2) is 42.5 Å². The Morgan fingerprint density at radius 2 is 1.76 bits per heavy atom. The van der Waals surface area contributed by atoms with Crippen molar-refractivity contribution >= 4 is 0 Å². The number of benzene rings is 2. The van der Waals surface area contributed by atoms with Crippen molar-refractivity contribution in [2.75, 3.05) is 0 Å². The molecule has 0 saturated heterocycles. The zero-order valence-electron chi connectivity index (χ0n) is 9.91. The van der Waals surface area contributed by atoms with Crippen LogP contribution in [0.5, 0.6) is 0 Å². The molecule has 0 heterocycles. The Balaban J connectivity index is 2.47. The van der Waals surface area contributed by atoms with Crippen LogP contribution in [-0.4, -0.2) is 0 Å². The second kappa shape index (κ2) is 5.11. The normalized spacial score (nSPS) is 10.5. The highest BCUT2D eigenvalue weighted by Crippen LogP contribution is 2.25. The smallest absolute Gasteiger partial charge is 0.123 e. The first-order valence-electron chi connectivity index (χ1n) is 5.82. The molecule has 2 rings (SSSR count). The van der Waals surface area contributed by atoms with Crippen LogP contribution in [0.25, 0.3) is 11.1 Å². The fraction of sp³-hybridized carbons (Fsp3) is 0.200. The minimum absolute atomic E-state index is 0.194. The van der Waals surface area contributed by atoms with Gasteiger partial charge < -0.3 is 5.73 Å². The fourth-order valence-corrected chi connectivity index (χ4v) is 1.95. The molecule has 0 unspecified atom stereocenters. The number of aryl methyl sites for hydroxylation is 1. The van der Waals surface area contributed by atoms with Crippen LogP contribution in [0.1, 0.15) is 18.1 Å². The van der Waals surface area contributed by atoms with Gasteiger partial charge in [-0.15, -0.1) is 0 Å². The minimum Gasteiger partial charge on any atom is -0.326 e. The summed E-state index contributed by atoms with van der Waals surface area (Å²) in [5.74, 6) is -0.194. The van der Waals surface area contributed by atoms with Gasteiger partial charge in [-0.3, -0.25) is 0 Å². The van der Waals surface area contributed by atoms with Crippen LogP contribution in [-0.2, 0) is 13.0 Å². The molecule has 2 N–H and O–H groups in total. The molecule has 0 aliphatic carbocycles. The van der Waals surface area contributed by atoms with Gasteiger partial charge in [0.25, 0.3) is 0 Å². The highest BCUT2D eigenvalue weighted by molar-refractivity contribution is 5.67. The van der Waals surface area contributed by atoms with Crippen molar-refractivity contribution in [1.82, 2.24) is 0 Å². The van der Waals surface area contributed by atoms with Crippen LogP contribution in [0.3, 0.4) is 0 Å². The second-order valence-electron chi connectivity index (χ2n) is 4.06. The van der Waals surface area contributed by atoms with E-state index in [2.05, 4.69) is 6.92 Å². The molecule has 0 radical (unpaired) electrons. The van der Waals surface area contributed by atoms with Crippen molar-refractivity contribution in [2.45, 2.75) is 19.9 Å². The second-order valence-corrected chi connectivity index (χ2v) is 4.06. The summed E-state index contributed by atoms with van der Waals surface area (Å²) in [6.45, 7) is 2.61. The Morgan fingerprint density at radius 3 is 2.35 bits per heavy atom. The van der Waals surface area contributed by atoms with E-state index < -0.39 is 0 Å². The average Bonchev–Trinajstić information content (AvgIpc) is 2.39. The first-order valence-corrected chi connectivity index (χ1v) is 5.82. The average molecular weight is 229 g/mol. The molecule has 0 atom stereocenters. The Kier molecular flexibility index (Phi) is 3.55. The quantitative estimate of drug-likeness (QED) is 0.856. The summed E-state index contributed by atoms with van der Waals surface area (Å²) in [6.07, 6.45) is 0.897. The summed E-state index contributed by atoms with van der Waals surface area (Å²) >= 11 is 0. The molecule has 2 heteroatoms. The van der Waals surface area contributed by atoms with E-state index in [1.54, 1.807) is 6.07 Å². The lowest BCUT2D eigenvalue weighted by molar-refractivity contribution is 0.627. The van der Waals surface area contributed by atoms with Crippen LogP contribution in [0, 0.1) is 5.82 Å². The summed E-state index contributed by atoms with van der Waals surface area (Å²) in [5.41, 5.74) is 9.81. The van der Waals surface area contributed by atoms with Crippen molar-refractivity contribution in [3.8, 4) is 11.1 Å². The molecule has 0 aromatic heterocycles. The Labute approximate surface area is 101 Å². The molecule has 0 saturated carbocycles. The molecule has 2 aromatic rings. The van der Waals surface area contributed by atoms with Crippen LogP contribution in [0.4, 0.5) is 4.39 Å². The van der Waals surface area contributed by atoms with Gasteiger partial charge >= 0.3 is 0 Å². The molecule has 1 nitrogen and oxygen atoms in total. The molecule has 88 valence electrons. The van der Waals surface area contributed by atoms with Crippen LogP contribution in [0.2, 0.25) is 0 Å². The summed E-state index contributed by atoms with van der Waals surface area (Å²) in [5, 5.41) is 0. The van der Waals surface area contributed by atoms with Gasteiger partial charge in [-0.2, -0.15) is 0 Å². The van der Waals surface area contributed by atoms with Gasteiger partial charge in [0.1, 0.15) is 5.82 Å². The van der Waals surface area contributed by atoms with E-state index in [4.69, 9.17) is 5.73 Å². The Bertz CT molecular complexity index is 503. The van der Waals surface area contributed by atoms with Gasteiger partial charge in [-0.25, -0.2) is 4.39 Å². The van der Waals surface area contributed by atoms with Crippen LogP contribution < -0.4 is 5.73 Å². The third kappa shape index (κ3) is 2.53. The van der Waals surface area contributed by atoms with Crippen molar-refractivity contribution in [3.05, 3.63) is 59.4 Å². The predicted octanol–water partition coefficient (Wildman–Crippen LogP) is 3.51. The Hall–Kier alpha value is -1.67. The third-order valence-electron chi connectivity index (χ3n) is 2.95. The molecule has 0 fully saturated rings. The monoisotopic (exact) mass is 229 g/mol. The van der Waals surface area contributed by atoms with Crippen molar-refractivity contribution < 1.29 is 4.39 Å². The van der Waals surface area contributed by atoms with Gasteiger partial charge in [0, 0.05) is 6.54 Å². The fourth-order valence-electron chi connectivity index (χ4n) is 1.95. The molecule has 0 aliphatic heterocycles. The van der Waals surface area contributed by atoms with Gasteiger partial charge in [0.15, 0.2) is 0 Å². The van der Waals surface area contributed by atoms with E-state index in [0.29, 0.717) is 6.54 Å². The molecule has 0 bridgehead atoms. The maximum Gasteiger partial charge on any atom is 0.123 e. The van der Waals surface area contributed by atoms with Crippen molar-refractivity contribution in [3.63, 3.8) is 0 Å². The maximum absolute atomic E-state index is 13.3. The van der Waals surface area contributed by atoms with Gasteiger partial charge in [-0.05, 0) is 40.8 Å². The maximum atomic E-state index is 13.3. The minimum atomic E-state index is -0.194. The van der Waals surface area contributed by atoms with Crippen molar-refractivity contribution in [1.29, 1.82) is 0 Å². The van der Waals surface area contributed by atoms with E-state index >= 15 is 0 Å². The third-order valence-corrected chi connectivity index (χ3v) is 2.95. The number of nitrogens with two attached hydrogens (primary N) is 1. The zero-order chi connectivity index (χ0) is 12.3. The van der Waals surface area contributed by atoms with Gasteiger partial charge in [0.05, 0.1) is 0 Å². The summed E-state index contributed by atoms with van der Waals surface area (Å²) < 4.78 is 13.3. The number of hydrogen-bond donors (Lipinski definition) is 1. The summed E-state index contributed by atoms with van der Waals surface area (Å²) in [7, 11) is 0.